The number of furan rings is 1. The SMILES string of the molecule is CCOc1cc(/C=C(\C#N)C(=O)NCc2ccco2)ccc1OC(=O)c1ccccc1OCC. The highest BCUT2D eigenvalue weighted by molar-refractivity contribution is 6.01. The number of nitrogens with zero attached hydrogens (tertiary/aromatic N) is 1. The van der Waals surface area contributed by atoms with Crippen LogP contribution in [0.3, 0.4) is 0 Å². The number of benzene rings is 2. The van der Waals surface area contributed by atoms with E-state index >= 15 is 0 Å². The Balaban J connectivity index is 1.79. The van der Waals surface area contributed by atoms with Crippen LogP contribution in [0.25, 0.3) is 6.08 Å². The summed E-state index contributed by atoms with van der Waals surface area (Å²) < 4.78 is 21.9. The molecule has 2 aromatic carbocycles. The van der Waals surface area contributed by atoms with Crippen molar-refractivity contribution in [1.82, 2.24) is 5.32 Å². The molecule has 0 aliphatic rings. The number of hydrogen-bond acceptors (Lipinski definition) is 7. The van der Waals surface area contributed by atoms with Crippen LogP contribution < -0.4 is 19.5 Å². The van der Waals surface area contributed by atoms with Crippen molar-refractivity contribution in [2.24, 2.45) is 0 Å². The van der Waals surface area contributed by atoms with Crippen molar-refractivity contribution in [3.05, 3.63) is 83.3 Å². The fourth-order valence-electron chi connectivity index (χ4n) is 3.03. The summed E-state index contributed by atoms with van der Waals surface area (Å²) in [6.45, 7) is 4.51. The van der Waals surface area contributed by atoms with E-state index in [2.05, 4.69) is 5.32 Å². The van der Waals surface area contributed by atoms with E-state index in [9.17, 15) is 14.9 Å². The van der Waals surface area contributed by atoms with Crippen LogP contribution in [-0.2, 0) is 11.3 Å². The molecular weight excluding hydrogens is 436 g/mol. The van der Waals surface area contributed by atoms with Crippen LogP contribution in [0, 0.1) is 11.3 Å². The van der Waals surface area contributed by atoms with Crippen LogP contribution in [0.4, 0.5) is 0 Å². The van der Waals surface area contributed by atoms with E-state index in [1.54, 1.807) is 61.5 Å². The molecule has 1 amide bonds. The molecule has 34 heavy (non-hydrogen) atoms. The molecule has 0 aliphatic carbocycles. The summed E-state index contributed by atoms with van der Waals surface area (Å²) in [4.78, 5) is 25.1. The van der Waals surface area contributed by atoms with Crippen molar-refractivity contribution in [2.75, 3.05) is 13.2 Å². The molecular formula is C26H24N2O6. The molecule has 0 radical (unpaired) electrons. The largest absolute Gasteiger partial charge is 0.493 e. The summed E-state index contributed by atoms with van der Waals surface area (Å²) >= 11 is 0. The molecule has 1 N–H and O–H groups in total. The summed E-state index contributed by atoms with van der Waals surface area (Å²) in [6.07, 6.45) is 2.93. The van der Waals surface area contributed by atoms with E-state index in [1.807, 2.05) is 13.0 Å². The lowest BCUT2D eigenvalue weighted by Gasteiger charge is -2.13. The molecule has 3 aromatic rings. The van der Waals surface area contributed by atoms with Crippen LogP contribution >= 0.6 is 0 Å². The summed E-state index contributed by atoms with van der Waals surface area (Å²) in [5, 5.41) is 12.1. The zero-order valence-corrected chi connectivity index (χ0v) is 18.9. The third-order valence-electron chi connectivity index (χ3n) is 4.56. The monoisotopic (exact) mass is 460 g/mol. The Morgan fingerprint density at radius 2 is 1.76 bits per heavy atom. The number of esters is 1. The van der Waals surface area contributed by atoms with Gasteiger partial charge in [-0.25, -0.2) is 4.79 Å². The lowest BCUT2D eigenvalue weighted by Crippen LogP contribution is -2.23. The zero-order valence-electron chi connectivity index (χ0n) is 18.9. The van der Waals surface area contributed by atoms with Crippen molar-refractivity contribution in [2.45, 2.75) is 20.4 Å². The second-order valence-corrected chi connectivity index (χ2v) is 6.89. The first-order valence-corrected chi connectivity index (χ1v) is 10.7. The molecule has 1 aromatic heterocycles. The minimum Gasteiger partial charge on any atom is -0.493 e. The number of para-hydroxylation sites is 1. The van der Waals surface area contributed by atoms with Gasteiger partial charge in [-0.2, -0.15) is 5.26 Å². The molecule has 1 heterocycles. The number of nitriles is 1. The standard InChI is InChI=1S/C26H24N2O6/c1-3-31-22-10-6-5-9-21(22)26(30)34-23-12-11-18(15-24(23)32-4-2)14-19(16-27)25(29)28-17-20-8-7-13-33-20/h5-15H,3-4,17H2,1-2H3,(H,28,29)/b19-14+. The summed E-state index contributed by atoms with van der Waals surface area (Å²) in [5.74, 6) is 0.360. The zero-order chi connectivity index (χ0) is 24.3. The van der Waals surface area contributed by atoms with Gasteiger partial charge in [-0.15, -0.1) is 0 Å². The Morgan fingerprint density at radius 3 is 2.47 bits per heavy atom. The maximum absolute atomic E-state index is 12.8. The van der Waals surface area contributed by atoms with Gasteiger partial charge < -0.3 is 23.9 Å². The van der Waals surface area contributed by atoms with E-state index in [1.165, 1.54) is 12.3 Å². The van der Waals surface area contributed by atoms with Crippen LogP contribution in [0.2, 0.25) is 0 Å². The Kier molecular flexibility index (Phi) is 8.47. The normalized spacial score (nSPS) is 10.8. The van der Waals surface area contributed by atoms with E-state index in [-0.39, 0.29) is 23.4 Å². The average Bonchev–Trinajstić information content (AvgIpc) is 3.37. The van der Waals surface area contributed by atoms with Crippen LogP contribution in [0.1, 0.15) is 35.5 Å². The fourth-order valence-corrected chi connectivity index (χ4v) is 3.03. The lowest BCUT2D eigenvalue weighted by atomic mass is 10.1. The highest BCUT2D eigenvalue weighted by atomic mass is 16.6. The highest BCUT2D eigenvalue weighted by Gasteiger charge is 2.17. The van der Waals surface area contributed by atoms with Crippen molar-refractivity contribution in [3.63, 3.8) is 0 Å². The van der Waals surface area contributed by atoms with E-state index in [4.69, 9.17) is 18.6 Å². The van der Waals surface area contributed by atoms with Gasteiger partial charge in [0.1, 0.15) is 28.7 Å². The molecule has 0 saturated carbocycles. The number of nitrogens with one attached hydrogen (secondary N) is 1. The Hall–Kier alpha value is -4.51. The molecule has 0 spiro atoms. The Morgan fingerprint density at radius 1 is 1.00 bits per heavy atom. The Labute approximate surface area is 197 Å². The number of amides is 1. The van der Waals surface area contributed by atoms with Crippen LogP contribution in [0.5, 0.6) is 17.2 Å². The van der Waals surface area contributed by atoms with E-state index in [0.29, 0.717) is 36.0 Å². The van der Waals surface area contributed by atoms with Gasteiger partial charge in [0.15, 0.2) is 11.5 Å². The predicted molar refractivity (Wildman–Crippen MR) is 124 cm³/mol. The molecule has 0 atom stereocenters. The molecule has 0 fully saturated rings. The number of carbonyl (C=O) groups excluding carboxylic acids is 2. The minimum atomic E-state index is -0.594. The predicted octanol–water partition coefficient (Wildman–Crippen LogP) is 4.52. The molecule has 0 aliphatic heterocycles. The summed E-state index contributed by atoms with van der Waals surface area (Å²) in [5.41, 5.74) is 0.725. The topological polar surface area (TPSA) is 111 Å². The van der Waals surface area contributed by atoms with E-state index < -0.39 is 11.9 Å². The summed E-state index contributed by atoms with van der Waals surface area (Å²) in [7, 11) is 0. The van der Waals surface area contributed by atoms with Gasteiger partial charge in [0.05, 0.1) is 26.0 Å². The smallest absolute Gasteiger partial charge is 0.347 e. The van der Waals surface area contributed by atoms with Crippen molar-refractivity contribution >= 4 is 18.0 Å². The minimum absolute atomic E-state index is 0.0932. The van der Waals surface area contributed by atoms with Gasteiger partial charge in [0, 0.05) is 0 Å². The van der Waals surface area contributed by atoms with Crippen LogP contribution in [0.15, 0.2) is 70.9 Å². The number of hydrogen-bond donors (Lipinski definition) is 1. The molecule has 174 valence electrons. The summed E-state index contributed by atoms with van der Waals surface area (Å²) in [6, 6.07) is 16.9. The van der Waals surface area contributed by atoms with Gasteiger partial charge in [0.25, 0.3) is 5.91 Å². The van der Waals surface area contributed by atoms with Gasteiger partial charge in [-0.1, -0.05) is 18.2 Å². The van der Waals surface area contributed by atoms with Crippen molar-refractivity contribution < 1.29 is 28.2 Å². The van der Waals surface area contributed by atoms with Crippen molar-refractivity contribution in [3.8, 4) is 23.3 Å². The molecule has 0 unspecified atom stereocenters. The Bertz CT molecular complexity index is 1210. The van der Waals surface area contributed by atoms with Gasteiger partial charge >= 0.3 is 5.97 Å². The number of ether oxygens (including phenoxy) is 3. The first kappa shape index (κ1) is 24.1. The van der Waals surface area contributed by atoms with Crippen LogP contribution in [-0.4, -0.2) is 25.1 Å². The average molecular weight is 460 g/mol. The number of carbonyl (C=O) groups is 2. The third-order valence-corrected chi connectivity index (χ3v) is 4.56. The molecule has 8 nitrogen and oxygen atoms in total. The van der Waals surface area contributed by atoms with Gasteiger partial charge in [-0.3, -0.25) is 4.79 Å². The fraction of sp³-hybridized carbons (Fsp3) is 0.192. The van der Waals surface area contributed by atoms with Gasteiger partial charge in [0.2, 0.25) is 0 Å². The maximum atomic E-state index is 12.8. The maximum Gasteiger partial charge on any atom is 0.347 e. The second-order valence-electron chi connectivity index (χ2n) is 6.89. The molecule has 0 bridgehead atoms. The third kappa shape index (κ3) is 6.26. The van der Waals surface area contributed by atoms with Gasteiger partial charge in [-0.05, 0) is 61.9 Å². The molecule has 3 rings (SSSR count). The highest BCUT2D eigenvalue weighted by Crippen LogP contribution is 2.31. The van der Waals surface area contributed by atoms with E-state index in [0.717, 1.165) is 0 Å². The second kappa shape index (κ2) is 11.9. The first-order chi connectivity index (χ1) is 16.5. The lowest BCUT2D eigenvalue weighted by molar-refractivity contribution is -0.117. The number of rotatable bonds is 10. The quantitative estimate of drug-likeness (QED) is 0.205. The molecule has 0 saturated heterocycles. The molecule has 8 heteroatoms. The first-order valence-electron chi connectivity index (χ1n) is 10.7. The van der Waals surface area contributed by atoms with Crippen molar-refractivity contribution in [1.29, 1.82) is 5.26 Å².